The van der Waals surface area contributed by atoms with E-state index in [1.807, 2.05) is 12.1 Å². The van der Waals surface area contributed by atoms with Crippen LogP contribution in [-0.4, -0.2) is 9.91 Å². The number of thiazole rings is 1. The van der Waals surface area contributed by atoms with Crippen LogP contribution in [0.2, 0.25) is 10.0 Å². The number of nitrogens with zero attached hydrogens (tertiary/aromatic N) is 2. The molecule has 2 aromatic carbocycles. The average molecular weight is 371 g/mol. The number of rotatable bonds is 4. The van der Waals surface area contributed by atoms with Crippen LogP contribution in [0, 0.1) is 10.1 Å². The van der Waals surface area contributed by atoms with E-state index in [4.69, 9.17) is 23.2 Å². The summed E-state index contributed by atoms with van der Waals surface area (Å²) in [6.45, 7) is 0. The lowest BCUT2D eigenvalue weighted by molar-refractivity contribution is -0.384. The van der Waals surface area contributed by atoms with Crippen molar-refractivity contribution in [3.63, 3.8) is 0 Å². The Morgan fingerprint density at radius 3 is 2.73 bits per heavy atom. The van der Waals surface area contributed by atoms with Gasteiger partial charge in [-0.15, -0.1) is 11.3 Å². The zero-order valence-electron chi connectivity index (χ0n) is 11.0. The minimum Gasteiger partial charge on any atom is -0.258 e. The van der Waals surface area contributed by atoms with Crippen LogP contribution in [0.5, 0.6) is 0 Å². The van der Waals surface area contributed by atoms with Gasteiger partial charge in [-0.05, 0) is 23.8 Å². The second kappa shape index (κ2) is 6.42. The predicted molar refractivity (Wildman–Crippen MR) is 92.3 cm³/mol. The molecule has 0 aliphatic rings. The van der Waals surface area contributed by atoms with E-state index < -0.39 is 4.92 Å². The van der Waals surface area contributed by atoms with E-state index in [1.165, 1.54) is 17.4 Å². The van der Waals surface area contributed by atoms with Crippen LogP contribution < -0.4 is 0 Å². The van der Waals surface area contributed by atoms with E-state index in [2.05, 4.69) is 4.98 Å². The minimum absolute atomic E-state index is 0.0807. The van der Waals surface area contributed by atoms with Gasteiger partial charge in [-0.25, -0.2) is 4.98 Å². The van der Waals surface area contributed by atoms with Crippen molar-refractivity contribution in [1.82, 2.24) is 4.98 Å². The molecule has 3 aromatic rings. The highest BCUT2D eigenvalue weighted by Crippen LogP contribution is 2.34. The molecule has 4 nitrogen and oxygen atoms in total. The lowest BCUT2D eigenvalue weighted by Gasteiger charge is -2.01. The number of hydrogen-bond donors (Lipinski definition) is 0. The molecule has 112 valence electrons. The van der Waals surface area contributed by atoms with Gasteiger partial charge >= 0.3 is 0 Å². The van der Waals surface area contributed by atoms with Gasteiger partial charge in [-0.1, -0.05) is 41.0 Å². The Morgan fingerprint density at radius 1 is 1.18 bits per heavy atom. The molecule has 0 atom stereocenters. The summed E-state index contributed by atoms with van der Waals surface area (Å²) in [5.74, 6) is 0.707. The second-order valence-electron chi connectivity index (χ2n) is 4.43. The molecule has 1 aromatic heterocycles. The molecule has 8 heteroatoms. The Hall–Kier alpha value is -1.34. The molecule has 0 aliphatic heterocycles. The Balaban J connectivity index is 1.79. The average Bonchev–Trinajstić information content (AvgIpc) is 2.90. The van der Waals surface area contributed by atoms with Crippen molar-refractivity contribution in [3.8, 4) is 0 Å². The van der Waals surface area contributed by atoms with Gasteiger partial charge in [0.2, 0.25) is 0 Å². The van der Waals surface area contributed by atoms with Crippen molar-refractivity contribution in [3.05, 3.63) is 62.1 Å². The molecule has 0 amide bonds. The first kappa shape index (κ1) is 15.6. The maximum absolute atomic E-state index is 10.8. The first-order valence-corrected chi connectivity index (χ1v) is 8.70. The van der Waals surface area contributed by atoms with E-state index in [0.717, 1.165) is 20.1 Å². The van der Waals surface area contributed by atoms with Gasteiger partial charge in [0.05, 0.1) is 25.2 Å². The van der Waals surface area contributed by atoms with E-state index in [9.17, 15) is 10.1 Å². The van der Waals surface area contributed by atoms with Crippen LogP contribution >= 0.6 is 46.3 Å². The Labute approximate surface area is 144 Å². The number of benzene rings is 2. The number of thioether (sulfide) groups is 1. The molecule has 0 aliphatic carbocycles. The second-order valence-corrected chi connectivity index (χ2v) is 7.49. The maximum atomic E-state index is 10.8. The van der Waals surface area contributed by atoms with Crippen molar-refractivity contribution in [1.29, 1.82) is 0 Å². The van der Waals surface area contributed by atoms with Crippen LogP contribution in [-0.2, 0) is 5.75 Å². The number of hydrogen-bond acceptors (Lipinski definition) is 5. The molecule has 0 N–H and O–H groups in total. The predicted octanol–water partition coefficient (Wildman–Crippen LogP) is 5.80. The summed E-state index contributed by atoms with van der Waals surface area (Å²) in [5, 5.41) is 11.8. The largest absolute Gasteiger partial charge is 0.270 e. The molecule has 3 rings (SSSR count). The van der Waals surface area contributed by atoms with Gasteiger partial charge in [0.15, 0.2) is 4.34 Å². The van der Waals surface area contributed by atoms with Crippen molar-refractivity contribution < 1.29 is 4.92 Å². The number of nitro groups is 1. The molecular weight excluding hydrogens is 363 g/mol. The number of fused-ring (bicyclic) bond motifs is 1. The van der Waals surface area contributed by atoms with Crippen LogP contribution in [0.1, 0.15) is 5.56 Å². The number of aromatic nitrogens is 1. The van der Waals surface area contributed by atoms with Crippen LogP contribution in [0.4, 0.5) is 5.69 Å². The summed E-state index contributed by atoms with van der Waals surface area (Å²) in [6, 6.07) is 10.2. The lowest BCUT2D eigenvalue weighted by Crippen LogP contribution is -1.85. The van der Waals surface area contributed by atoms with Gasteiger partial charge in [0.1, 0.15) is 0 Å². The van der Waals surface area contributed by atoms with Gasteiger partial charge in [0, 0.05) is 17.9 Å². The molecule has 0 bridgehead atoms. The van der Waals surface area contributed by atoms with Crippen molar-refractivity contribution in [2.75, 3.05) is 0 Å². The summed E-state index contributed by atoms with van der Waals surface area (Å²) < 4.78 is 1.67. The lowest BCUT2D eigenvalue weighted by atomic mass is 10.2. The molecule has 0 spiro atoms. The quantitative estimate of drug-likeness (QED) is 0.330. The third-order valence-electron chi connectivity index (χ3n) is 2.91. The minimum atomic E-state index is -0.401. The summed E-state index contributed by atoms with van der Waals surface area (Å²) in [6.07, 6.45) is 0. The molecule has 0 saturated carbocycles. The first-order chi connectivity index (χ1) is 10.5. The molecule has 0 saturated heterocycles. The summed E-state index contributed by atoms with van der Waals surface area (Å²) >= 11 is 14.9. The fourth-order valence-electron chi connectivity index (χ4n) is 1.84. The van der Waals surface area contributed by atoms with Gasteiger partial charge < -0.3 is 0 Å². The molecule has 0 radical (unpaired) electrons. The number of nitro benzene ring substituents is 1. The van der Waals surface area contributed by atoms with Crippen molar-refractivity contribution in [2.24, 2.45) is 0 Å². The molecule has 0 unspecified atom stereocenters. The highest BCUT2D eigenvalue weighted by molar-refractivity contribution is 8.00. The maximum Gasteiger partial charge on any atom is 0.270 e. The van der Waals surface area contributed by atoms with E-state index in [0.29, 0.717) is 15.8 Å². The van der Waals surface area contributed by atoms with Gasteiger partial charge in [0.25, 0.3) is 5.69 Å². The zero-order valence-corrected chi connectivity index (χ0v) is 14.1. The van der Waals surface area contributed by atoms with Crippen molar-refractivity contribution in [2.45, 2.75) is 10.1 Å². The number of halogens is 2. The van der Waals surface area contributed by atoms with E-state index >= 15 is 0 Å². The normalized spacial score (nSPS) is 11.0. The number of non-ortho nitro benzene ring substituents is 1. The fourth-order valence-corrected chi connectivity index (χ4v) is 4.21. The molecule has 0 fully saturated rings. The Kier molecular flexibility index (Phi) is 4.54. The Morgan fingerprint density at radius 2 is 2.00 bits per heavy atom. The molecule has 22 heavy (non-hydrogen) atoms. The fraction of sp³-hybridized carbons (Fsp3) is 0.0714. The van der Waals surface area contributed by atoms with Crippen LogP contribution in [0.3, 0.4) is 0 Å². The monoisotopic (exact) mass is 370 g/mol. The van der Waals surface area contributed by atoms with Crippen LogP contribution in [0.15, 0.2) is 40.7 Å². The summed E-state index contributed by atoms with van der Waals surface area (Å²) in [4.78, 5) is 14.8. The SMILES string of the molecule is O=[N+]([O-])c1ccc2nc(SCc3ccc(Cl)c(Cl)c3)sc2c1. The summed E-state index contributed by atoms with van der Waals surface area (Å²) in [5.41, 5.74) is 1.90. The standard InChI is InChI=1S/C14H8Cl2N2O2S2/c15-10-3-1-8(5-11(10)16)7-21-14-17-12-4-2-9(18(19)20)6-13(12)22-14/h1-6H,7H2. The van der Waals surface area contributed by atoms with E-state index in [-0.39, 0.29) is 5.69 Å². The topological polar surface area (TPSA) is 56.0 Å². The van der Waals surface area contributed by atoms with Gasteiger partial charge in [-0.3, -0.25) is 10.1 Å². The highest BCUT2D eigenvalue weighted by atomic mass is 35.5. The Bertz CT molecular complexity index is 867. The third kappa shape index (κ3) is 3.35. The summed E-state index contributed by atoms with van der Waals surface area (Å²) in [7, 11) is 0. The first-order valence-electron chi connectivity index (χ1n) is 6.14. The van der Waals surface area contributed by atoms with Crippen molar-refractivity contribution >= 4 is 62.2 Å². The van der Waals surface area contributed by atoms with Crippen LogP contribution in [0.25, 0.3) is 10.2 Å². The highest BCUT2D eigenvalue weighted by Gasteiger charge is 2.11. The molecular formula is C14H8Cl2N2O2S2. The van der Waals surface area contributed by atoms with Gasteiger partial charge in [-0.2, -0.15) is 0 Å². The van der Waals surface area contributed by atoms with E-state index in [1.54, 1.807) is 30.0 Å². The zero-order chi connectivity index (χ0) is 15.7. The molecule has 1 heterocycles. The smallest absolute Gasteiger partial charge is 0.258 e. The third-order valence-corrected chi connectivity index (χ3v) is 5.88.